The average Bonchev–Trinajstić information content (AvgIpc) is 2.40. The van der Waals surface area contributed by atoms with E-state index in [0.717, 1.165) is 6.20 Å². The largest absolute Gasteiger partial charge is 0.449 e. The first-order chi connectivity index (χ1) is 8.52. The lowest BCUT2D eigenvalue weighted by molar-refractivity contribution is 0.331. The van der Waals surface area contributed by atoms with Crippen molar-refractivity contribution in [2.75, 3.05) is 0 Å². The number of benzene rings is 1. The van der Waals surface area contributed by atoms with Gasteiger partial charge in [0.1, 0.15) is 5.75 Å². The Morgan fingerprint density at radius 2 is 1.39 bits per heavy atom. The summed E-state index contributed by atoms with van der Waals surface area (Å²) in [5.41, 5.74) is 0. The summed E-state index contributed by atoms with van der Waals surface area (Å²) < 4.78 is 69.5. The van der Waals surface area contributed by atoms with Gasteiger partial charge in [-0.2, -0.15) is 8.78 Å². The number of hydrogen-bond acceptors (Lipinski definition) is 2. The van der Waals surface area contributed by atoms with Crippen molar-refractivity contribution in [3.63, 3.8) is 0 Å². The highest BCUT2D eigenvalue weighted by atomic mass is 19.2. The molecule has 0 radical (unpaired) electrons. The van der Waals surface area contributed by atoms with Crippen LogP contribution >= 0.6 is 0 Å². The lowest BCUT2D eigenvalue weighted by Gasteiger charge is -2.09. The van der Waals surface area contributed by atoms with Gasteiger partial charge in [0.2, 0.25) is 34.8 Å². The third kappa shape index (κ3) is 1.99. The van der Waals surface area contributed by atoms with E-state index in [9.17, 15) is 22.0 Å². The molecule has 0 bridgehead atoms. The number of ether oxygens (including phenoxy) is 1. The molecule has 0 aliphatic carbocycles. The van der Waals surface area contributed by atoms with E-state index in [1.807, 2.05) is 0 Å². The summed E-state index contributed by atoms with van der Waals surface area (Å²) in [6.45, 7) is 0. The van der Waals surface area contributed by atoms with Gasteiger partial charge in [0.25, 0.3) is 0 Å². The minimum absolute atomic E-state index is 0.152. The summed E-state index contributed by atoms with van der Waals surface area (Å²) in [5, 5.41) is 0. The second-order valence-electron chi connectivity index (χ2n) is 3.19. The first-order valence-corrected chi connectivity index (χ1v) is 4.61. The van der Waals surface area contributed by atoms with E-state index in [-0.39, 0.29) is 5.75 Å². The lowest BCUT2D eigenvalue weighted by Crippen LogP contribution is -2.04. The van der Waals surface area contributed by atoms with E-state index in [1.165, 1.54) is 18.3 Å². The summed E-state index contributed by atoms with van der Waals surface area (Å²) in [5.74, 6) is -11.9. The Bertz CT molecular complexity index is 559. The Hall–Kier alpha value is -2.18. The maximum absolute atomic E-state index is 13.2. The quantitative estimate of drug-likeness (QED) is 0.468. The zero-order chi connectivity index (χ0) is 13.3. The molecule has 2 nitrogen and oxygen atoms in total. The Morgan fingerprint density at radius 1 is 0.833 bits per heavy atom. The van der Waals surface area contributed by atoms with Gasteiger partial charge in [0, 0.05) is 6.20 Å². The van der Waals surface area contributed by atoms with Crippen LogP contribution in [0.25, 0.3) is 0 Å². The second kappa shape index (κ2) is 4.59. The van der Waals surface area contributed by atoms with Gasteiger partial charge >= 0.3 is 0 Å². The van der Waals surface area contributed by atoms with Crippen molar-refractivity contribution in [1.29, 1.82) is 0 Å². The molecular weight excluding hydrogens is 257 g/mol. The smallest absolute Gasteiger partial charge is 0.207 e. The molecule has 0 spiro atoms. The van der Waals surface area contributed by atoms with Gasteiger partial charge in [-0.05, 0) is 12.1 Å². The molecule has 2 aromatic rings. The van der Waals surface area contributed by atoms with Crippen molar-refractivity contribution in [3.8, 4) is 11.5 Å². The van der Waals surface area contributed by atoms with Crippen LogP contribution in [0.3, 0.4) is 0 Å². The summed E-state index contributed by atoms with van der Waals surface area (Å²) in [7, 11) is 0. The monoisotopic (exact) mass is 261 g/mol. The zero-order valence-electron chi connectivity index (χ0n) is 8.55. The van der Waals surface area contributed by atoms with Crippen molar-refractivity contribution < 1.29 is 26.7 Å². The Morgan fingerprint density at radius 3 is 1.89 bits per heavy atom. The molecule has 0 N–H and O–H groups in total. The van der Waals surface area contributed by atoms with Crippen LogP contribution in [0, 0.1) is 29.1 Å². The maximum Gasteiger partial charge on any atom is 0.207 e. The van der Waals surface area contributed by atoms with Gasteiger partial charge in [-0.1, -0.05) is 0 Å². The minimum atomic E-state index is -2.23. The molecule has 1 heterocycles. The van der Waals surface area contributed by atoms with Crippen molar-refractivity contribution >= 4 is 0 Å². The highest BCUT2D eigenvalue weighted by Gasteiger charge is 2.27. The molecule has 0 amide bonds. The molecule has 94 valence electrons. The molecule has 0 aliphatic heterocycles. The number of halogens is 5. The molecule has 1 aromatic heterocycles. The fraction of sp³-hybridized carbons (Fsp3) is 0. The summed E-state index contributed by atoms with van der Waals surface area (Å²) in [6.07, 6.45) is 2.42. The van der Waals surface area contributed by atoms with E-state index in [4.69, 9.17) is 0 Å². The van der Waals surface area contributed by atoms with Crippen LogP contribution in [0.2, 0.25) is 0 Å². The summed E-state index contributed by atoms with van der Waals surface area (Å²) in [6, 6.07) is 2.63. The second-order valence-corrected chi connectivity index (χ2v) is 3.19. The van der Waals surface area contributed by atoms with Gasteiger partial charge in [-0.3, -0.25) is 4.98 Å². The molecule has 2 rings (SSSR count). The number of hydrogen-bond donors (Lipinski definition) is 0. The highest BCUT2D eigenvalue weighted by molar-refractivity contribution is 5.34. The van der Waals surface area contributed by atoms with E-state index >= 15 is 0 Å². The predicted molar refractivity (Wildman–Crippen MR) is 50.5 cm³/mol. The Labute approximate surface area is 97.6 Å². The standard InChI is InChI=1S/C11H4F5NO/c12-6-7(13)9(15)11(10(16)8(6)14)18-5-2-1-3-17-4-5/h1-4H. The molecule has 0 unspecified atom stereocenters. The first-order valence-electron chi connectivity index (χ1n) is 4.61. The number of pyridine rings is 1. The lowest BCUT2D eigenvalue weighted by atomic mass is 10.2. The Kier molecular flexibility index (Phi) is 3.14. The summed E-state index contributed by atoms with van der Waals surface area (Å²) >= 11 is 0. The van der Waals surface area contributed by atoms with Crippen molar-refractivity contribution in [2.24, 2.45) is 0 Å². The van der Waals surface area contributed by atoms with Crippen LogP contribution in [0.15, 0.2) is 24.5 Å². The van der Waals surface area contributed by atoms with Crippen LogP contribution in [0.1, 0.15) is 0 Å². The van der Waals surface area contributed by atoms with Crippen molar-refractivity contribution in [1.82, 2.24) is 4.98 Å². The fourth-order valence-electron chi connectivity index (χ4n) is 1.20. The number of rotatable bonds is 2. The third-order valence-electron chi connectivity index (χ3n) is 2.02. The molecule has 0 saturated heterocycles. The SMILES string of the molecule is Fc1c(F)c(F)c(Oc2cccnc2)c(F)c1F. The summed E-state index contributed by atoms with van der Waals surface area (Å²) in [4.78, 5) is 3.57. The van der Waals surface area contributed by atoms with Crippen LogP contribution < -0.4 is 4.74 Å². The molecule has 0 atom stereocenters. The average molecular weight is 261 g/mol. The number of aromatic nitrogens is 1. The van der Waals surface area contributed by atoms with Gasteiger partial charge in [-0.15, -0.1) is 0 Å². The molecule has 1 aromatic carbocycles. The van der Waals surface area contributed by atoms with E-state index in [0.29, 0.717) is 0 Å². The molecule has 0 saturated carbocycles. The molecule has 0 aliphatic rings. The van der Waals surface area contributed by atoms with E-state index in [1.54, 1.807) is 0 Å². The zero-order valence-corrected chi connectivity index (χ0v) is 8.55. The van der Waals surface area contributed by atoms with Gasteiger partial charge < -0.3 is 4.74 Å². The molecular formula is C11H4F5NO. The first kappa shape index (κ1) is 12.3. The van der Waals surface area contributed by atoms with Crippen molar-refractivity contribution in [2.45, 2.75) is 0 Å². The molecule has 18 heavy (non-hydrogen) atoms. The highest BCUT2D eigenvalue weighted by Crippen LogP contribution is 2.32. The van der Waals surface area contributed by atoms with Crippen LogP contribution in [-0.2, 0) is 0 Å². The maximum atomic E-state index is 13.2. The van der Waals surface area contributed by atoms with Crippen LogP contribution in [-0.4, -0.2) is 4.98 Å². The van der Waals surface area contributed by atoms with Gasteiger partial charge in [-0.25, -0.2) is 13.2 Å². The minimum Gasteiger partial charge on any atom is -0.449 e. The molecule has 0 fully saturated rings. The van der Waals surface area contributed by atoms with Crippen LogP contribution in [0.4, 0.5) is 22.0 Å². The predicted octanol–water partition coefficient (Wildman–Crippen LogP) is 3.57. The topological polar surface area (TPSA) is 22.1 Å². The van der Waals surface area contributed by atoms with E-state index < -0.39 is 34.8 Å². The Balaban J connectivity index is 2.52. The third-order valence-corrected chi connectivity index (χ3v) is 2.02. The van der Waals surface area contributed by atoms with E-state index in [2.05, 4.69) is 9.72 Å². The van der Waals surface area contributed by atoms with Crippen molar-refractivity contribution in [3.05, 3.63) is 53.6 Å². The normalized spacial score (nSPS) is 10.5. The van der Waals surface area contributed by atoms with Gasteiger partial charge in [0.05, 0.1) is 6.20 Å². The number of nitrogens with zero attached hydrogens (tertiary/aromatic N) is 1. The molecule has 7 heteroatoms. The fourth-order valence-corrected chi connectivity index (χ4v) is 1.20. The van der Waals surface area contributed by atoms with Gasteiger partial charge in [0.15, 0.2) is 0 Å². The van der Waals surface area contributed by atoms with Crippen LogP contribution in [0.5, 0.6) is 11.5 Å².